The second-order valence-corrected chi connectivity index (χ2v) is 7.79. The van der Waals surface area contributed by atoms with Gasteiger partial charge in [0.15, 0.2) is 9.84 Å². The monoisotopic (exact) mass is 283 g/mol. The van der Waals surface area contributed by atoms with Crippen molar-refractivity contribution < 1.29 is 8.42 Å². The van der Waals surface area contributed by atoms with Gasteiger partial charge in [-0.25, -0.2) is 8.42 Å². The Kier molecular flexibility index (Phi) is 6.01. The van der Waals surface area contributed by atoms with Gasteiger partial charge in [-0.2, -0.15) is 0 Å². The molecule has 0 aliphatic carbocycles. The van der Waals surface area contributed by atoms with E-state index in [1.54, 1.807) is 0 Å². The maximum Gasteiger partial charge on any atom is 0.152 e. The third-order valence-electron chi connectivity index (χ3n) is 3.00. The summed E-state index contributed by atoms with van der Waals surface area (Å²) in [4.78, 5) is 0. The Hall–Kier alpha value is -0.870. The van der Waals surface area contributed by atoms with Crippen LogP contribution in [0.4, 0.5) is 0 Å². The Balaban J connectivity index is 2.70. The van der Waals surface area contributed by atoms with Gasteiger partial charge in [0.05, 0.1) is 5.75 Å². The minimum Gasteiger partial charge on any atom is -0.323 e. The van der Waals surface area contributed by atoms with Gasteiger partial charge in [-0.3, -0.25) is 0 Å². The van der Waals surface area contributed by atoms with Crippen LogP contribution in [0.2, 0.25) is 0 Å². The van der Waals surface area contributed by atoms with Crippen molar-refractivity contribution in [1.82, 2.24) is 0 Å². The third kappa shape index (κ3) is 5.74. The fraction of sp³-hybridized carbons (Fsp3) is 0.600. The molecule has 1 unspecified atom stereocenters. The Morgan fingerprint density at radius 3 is 2.21 bits per heavy atom. The van der Waals surface area contributed by atoms with Gasteiger partial charge in [0.25, 0.3) is 0 Å². The Morgan fingerprint density at radius 1 is 1.16 bits per heavy atom. The molecule has 0 saturated carbocycles. The highest BCUT2D eigenvalue weighted by atomic mass is 32.2. The number of nitrogens with two attached hydrogens (primary N) is 1. The topological polar surface area (TPSA) is 60.2 Å². The van der Waals surface area contributed by atoms with Crippen LogP contribution < -0.4 is 5.73 Å². The first-order valence-electron chi connectivity index (χ1n) is 6.89. The predicted octanol–water partition coefficient (Wildman–Crippen LogP) is 2.71. The molecule has 0 aliphatic heterocycles. The summed E-state index contributed by atoms with van der Waals surface area (Å²) >= 11 is 0. The van der Waals surface area contributed by atoms with Gasteiger partial charge in [0.2, 0.25) is 0 Å². The Morgan fingerprint density at radius 2 is 1.74 bits per heavy atom. The van der Waals surface area contributed by atoms with Crippen LogP contribution in [0.25, 0.3) is 0 Å². The zero-order valence-electron chi connectivity index (χ0n) is 12.1. The van der Waals surface area contributed by atoms with Crippen molar-refractivity contribution in [3.63, 3.8) is 0 Å². The van der Waals surface area contributed by atoms with Gasteiger partial charge in [0, 0.05) is 11.8 Å². The molecular formula is C15H25NO2S. The SMILES string of the molecule is CCCS(=O)(=O)CC(N)c1ccc(CC(C)C)cc1. The van der Waals surface area contributed by atoms with E-state index in [9.17, 15) is 8.42 Å². The first-order chi connectivity index (χ1) is 8.84. The average molecular weight is 283 g/mol. The first kappa shape index (κ1) is 16.2. The van der Waals surface area contributed by atoms with Crippen LogP contribution in [0, 0.1) is 5.92 Å². The number of sulfone groups is 1. The standard InChI is InChI=1S/C15H25NO2S/c1-4-9-19(17,18)11-15(16)14-7-5-13(6-8-14)10-12(2)3/h5-8,12,15H,4,9-11,16H2,1-3H3. The number of rotatable bonds is 7. The first-order valence-corrected chi connectivity index (χ1v) is 8.71. The highest BCUT2D eigenvalue weighted by Gasteiger charge is 2.16. The normalized spacial score (nSPS) is 13.7. The van der Waals surface area contributed by atoms with Gasteiger partial charge < -0.3 is 5.73 Å². The molecule has 19 heavy (non-hydrogen) atoms. The summed E-state index contributed by atoms with van der Waals surface area (Å²) < 4.78 is 23.5. The van der Waals surface area contributed by atoms with Crippen LogP contribution in [0.15, 0.2) is 24.3 Å². The van der Waals surface area contributed by atoms with E-state index in [1.165, 1.54) is 5.56 Å². The van der Waals surface area contributed by atoms with Crippen molar-refractivity contribution in [3.8, 4) is 0 Å². The number of benzene rings is 1. The molecule has 0 radical (unpaired) electrons. The van der Waals surface area contributed by atoms with Crippen molar-refractivity contribution in [2.24, 2.45) is 11.7 Å². The molecular weight excluding hydrogens is 258 g/mol. The van der Waals surface area contributed by atoms with Crippen molar-refractivity contribution in [3.05, 3.63) is 35.4 Å². The quantitative estimate of drug-likeness (QED) is 0.837. The number of hydrogen-bond donors (Lipinski definition) is 1. The summed E-state index contributed by atoms with van der Waals surface area (Å²) in [5.74, 6) is 0.862. The summed E-state index contributed by atoms with van der Waals surface area (Å²) in [6.07, 6.45) is 1.67. The average Bonchev–Trinajstić information content (AvgIpc) is 2.28. The van der Waals surface area contributed by atoms with Crippen molar-refractivity contribution in [2.45, 2.75) is 39.7 Å². The molecule has 0 amide bonds. The lowest BCUT2D eigenvalue weighted by Gasteiger charge is -2.13. The second-order valence-electron chi connectivity index (χ2n) is 5.56. The second kappa shape index (κ2) is 7.06. The molecule has 1 rings (SSSR count). The van der Waals surface area contributed by atoms with Crippen LogP contribution in [0.1, 0.15) is 44.4 Å². The molecule has 1 aromatic rings. The molecule has 2 N–H and O–H groups in total. The maximum absolute atomic E-state index is 11.7. The summed E-state index contributed by atoms with van der Waals surface area (Å²) in [5.41, 5.74) is 8.15. The van der Waals surface area contributed by atoms with Gasteiger partial charge in [-0.1, -0.05) is 45.0 Å². The van der Waals surface area contributed by atoms with Crippen LogP contribution >= 0.6 is 0 Å². The zero-order chi connectivity index (χ0) is 14.5. The molecule has 3 nitrogen and oxygen atoms in total. The molecule has 0 fully saturated rings. The fourth-order valence-corrected chi connectivity index (χ4v) is 3.66. The summed E-state index contributed by atoms with van der Waals surface area (Å²) in [7, 11) is -3.03. The predicted molar refractivity (Wildman–Crippen MR) is 80.9 cm³/mol. The summed E-state index contributed by atoms with van der Waals surface area (Å²) in [5, 5.41) is 0. The highest BCUT2D eigenvalue weighted by Crippen LogP contribution is 2.16. The van der Waals surface area contributed by atoms with E-state index in [-0.39, 0.29) is 11.5 Å². The lowest BCUT2D eigenvalue weighted by atomic mass is 10.0. The van der Waals surface area contributed by atoms with Gasteiger partial charge in [-0.15, -0.1) is 0 Å². The molecule has 0 bridgehead atoms. The van der Waals surface area contributed by atoms with Crippen LogP contribution in [-0.4, -0.2) is 19.9 Å². The fourth-order valence-electron chi connectivity index (χ4n) is 2.14. The molecule has 108 valence electrons. The van der Waals surface area contributed by atoms with Gasteiger partial charge in [0.1, 0.15) is 0 Å². The van der Waals surface area contributed by atoms with Crippen LogP contribution in [0.5, 0.6) is 0 Å². The minimum absolute atomic E-state index is 0.0321. The largest absolute Gasteiger partial charge is 0.323 e. The third-order valence-corrected chi connectivity index (χ3v) is 4.90. The smallest absolute Gasteiger partial charge is 0.152 e. The van der Waals surface area contributed by atoms with E-state index >= 15 is 0 Å². The molecule has 4 heteroatoms. The van der Waals surface area contributed by atoms with E-state index in [0.29, 0.717) is 12.3 Å². The Bertz CT molecular complexity index is 477. The summed E-state index contributed by atoms with van der Waals surface area (Å²) in [6.45, 7) is 6.22. The van der Waals surface area contributed by atoms with E-state index < -0.39 is 15.9 Å². The van der Waals surface area contributed by atoms with E-state index in [0.717, 1.165) is 12.0 Å². The van der Waals surface area contributed by atoms with Gasteiger partial charge in [-0.05, 0) is 29.9 Å². The molecule has 0 heterocycles. The Labute approximate surface area is 117 Å². The summed E-state index contributed by atoms with van der Waals surface area (Å²) in [6, 6.07) is 7.56. The van der Waals surface area contributed by atoms with E-state index in [2.05, 4.69) is 13.8 Å². The lowest BCUT2D eigenvalue weighted by molar-refractivity contribution is 0.587. The molecule has 1 atom stereocenters. The van der Waals surface area contributed by atoms with Crippen molar-refractivity contribution in [2.75, 3.05) is 11.5 Å². The van der Waals surface area contributed by atoms with Crippen molar-refractivity contribution in [1.29, 1.82) is 0 Å². The van der Waals surface area contributed by atoms with E-state index in [4.69, 9.17) is 5.73 Å². The maximum atomic E-state index is 11.7. The molecule has 1 aromatic carbocycles. The molecule has 0 saturated heterocycles. The molecule has 0 aliphatic rings. The van der Waals surface area contributed by atoms with E-state index in [1.807, 2.05) is 31.2 Å². The molecule has 0 spiro atoms. The van der Waals surface area contributed by atoms with Crippen LogP contribution in [0.3, 0.4) is 0 Å². The zero-order valence-corrected chi connectivity index (χ0v) is 12.9. The highest BCUT2D eigenvalue weighted by molar-refractivity contribution is 7.91. The lowest BCUT2D eigenvalue weighted by Crippen LogP contribution is -2.23. The molecule has 0 aromatic heterocycles. The van der Waals surface area contributed by atoms with Crippen LogP contribution in [-0.2, 0) is 16.3 Å². The number of hydrogen-bond acceptors (Lipinski definition) is 3. The van der Waals surface area contributed by atoms with Gasteiger partial charge >= 0.3 is 0 Å². The minimum atomic E-state index is -3.03. The van der Waals surface area contributed by atoms with Crippen molar-refractivity contribution >= 4 is 9.84 Å².